The normalized spacial score (nSPS) is 14.4. The first kappa shape index (κ1) is 20.2. The van der Waals surface area contributed by atoms with Crippen LogP contribution in [-0.4, -0.2) is 62.6 Å². The molecule has 0 aromatic heterocycles. The Hall–Kier alpha value is -3.05. The number of amides is 1. The maximum Gasteiger partial charge on any atom is 0.236 e. The molecule has 156 valence electrons. The first-order valence-corrected chi connectivity index (χ1v) is 10.5. The minimum atomic E-state index is 0.202. The monoisotopic (exact) mass is 403 g/mol. The van der Waals surface area contributed by atoms with Crippen LogP contribution in [0.5, 0.6) is 5.75 Å². The summed E-state index contributed by atoms with van der Waals surface area (Å²) in [5.41, 5.74) is 2.41. The molecule has 30 heavy (non-hydrogen) atoms. The zero-order valence-corrected chi connectivity index (χ0v) is 17.8. The maximum atomic E-state index is 12.8. The zero-order chi connectivity index (χ0) is 20.9. The Labute approximate surface area is 178 Å². The highest BCUT2D eigenvalue weighted by Crippen LogP contribution is 2.21. The third-order valence-electron chi connectivity index (χ3n) is 5.74. The number of carbonyl (C=O) groups is 1. The summed E-state index contributed by atoms with van der Waals surface area (Å²) in [6.07, 6.45) is 0. The molecule has 1 saturated heterocycles. The smallest absolute Gasteiger partial charge is 0.236 e. The van der Waals surface area contributed by atoms with Crippen LogP contribution in [0, 0.1) is 0 Å². The predicted molar refractivity (Wildman–Crippen MR) is 122 cm³/mol. The van der Waals surface area contributed by atoms with Gasteiger partial charge in [-0.3, -0.25) is 9.69 Å². The molecule has 0 bridgehead atoms. The van der Waals surface area contributed by atoms with Gasteiger partial charge in [0, 0.05) is 38.4 Å². The third-order valence-corrected chi connectivity index (χ3v) is 5.74. The van der Waals surface area contributed by atoms with E-state index < -0.39 is 0 Å². The van der Waals surface area contributed by atoms with Crippen molar-refractivity contribution in [3.05, 3.63) is 72.3 Å². The summed E-state index contributed by atoms with van der Waals surface area (Å²) in [5.74, 6) is 1.06. The SMILES string of the molecule is COc1ccc(N2CCN(C(=O)CN(C)Cc3ccc4ccccc4c3)CC2)cc1. The molecule has 1 amide bonds. The number of carbonyl (C=O) groups excluding carboxylic acids is 1. The molecule has 4 rings (SSSR count). The summed E-state index contributed by atoms with van der Waals surface area (Å²) in [7, 11) is 3.69. The first-order chi connectivity index (χ1) is 14.6. The van der Waals surface area contributed by atoms with Gasteiger partial charge in [0.25, 0.3) is 0 Å². The topological polar surface area (TPSA) is 36.0 Å². The summed E-state index contributed by atoms with van der Waals surface area (Å²) >= 11 is 0. The third kappa shape index (κ3) is 4.74. The number of ether oxygens (including phenoxy) is 1. The Morgan fingerprint density at radius 3 is 2.33 bits per heavy atom. The lowest BCUT2D eigenvalue weighted by molar-refractivity contribution is -0.132. The van der Waals surface area contributed by atoms with Crippen LogP contribution in [0.15, 0.2) is 66.7 Å². The molecule has 1 aliphatic rings. The number of hydrogen-bond acceptors (Lipinski definition) is 4. The number of piperazine rings is 1. The van der Waals surface area contributed by atoms with Gasteiger partial charge in [-0.05, 0) is 53.7 Å². The Kier molecular flexibility index (Phi) is 6.19. The number of rotatable bonds is 6. The number of anilines is 1. The van der Waals surface area contributed by atoms with E-state index in [4.69, 9.17) is 4.74 Å². The van der Waals surface area contributed by atoms with Gasteiger partial charge in [-0.25, -0.2) is 0 Å². The fourth-order valence-electron chi connectivity index (χ4n) is 4.04. The second-order valence-electron chi connectivity index (χ2n) is 7.92. The fraction of sp³-hybridized carbons (Fsp3) is 0.320. The van der Waals surface area contributed by atoms with E-state index in [-0.39, 0.29) is 5.91 Å². The Morgan fingerprint density at radius 1 is 0.933 bits per heavy atom. The van der Waals surface area contributed by atoms with Crippen molar-refractivity contribution in [2.75, 3.05) is 51.8 Å². The average molecular weight is 404 g/mol. The summed E-state index contributed by atoms with van der Waals surface area (Å²) in [6, 6.07) is 23.0. The van der Waals surface area contributed by atoms with Gasteiger partial charge in [0.15, 0.2) is 0 Å². The Bertz CT molecular complexity index is 995. The Balaban J connectivity index is 1.28. The van der Waals surface area contributed by atoms with Crippen molar-refractivity contribution in [3.63, 3.8) is 0 Å². The fourth-order valence-corrected chi connectivity index (χ4v) is 4.04. The van der Waals surface area contributed by atoms with Crippen molar-refractivity contribution < 1.29 is 9.53 Å². The van der Waals surface area contributed by atoms with E-state index in [1.807, 2.05) is 24.1 Å². The molecule has 1 heterocycles. The molecule has 1 fully saturated rings. The highest BCUT2D eigenvalue weighted by atomic mass is 16.5. The molecule has 0 aliphatic carbocycles. The molecule has 0 radical (unpaired) electrons. The van der Waals surface area contributed by atoms with E-state index in [1.165, 1.54) is 22.0 Å². The van der Waals surface area contributed by atoms with E-state index in [0.717, 1.165) is 38.5 Å². The second kappa shape index (κ2) is 9.18. The van der Waals surface area contributed by atoms with Crippen LogP contribution < -0.4 is 9.64 Å². The quantitative estimate of drug-likeness (QED) is 0.630. The van der Waals surface area contributed by atoms with Crippen LogP contribution in [0.2, 0.25) is 0 Å². The summed E-state index contributed by atoms with van der Waals surface area (Å²) < 4.78 is 5.23. The molecule has 0 N–H and O–H groups in total. The predicted octanol–water partition coefficient (Wildman–Crippen LogP) is 3.63. The molecule has 0 saturated carbocycles. The number of methoxy groups -OCH3 is 1. The number of benzene rings is 3. The van der Waals surface area contributed by atoms with Crippen LogP contribution in [-0.2, 0) is 11.3 Å². The standard InChI is InChI=1S/C25H29N3O2/c1-26(18-20-7-8-21-5-3-4-6-22(21)17-20)19-25(29)28-15-13-27(14-16-28)23-9-11-24(30-2)12-10-23/h3-12,17H,13-16,18-19H2,1-2H3. The Morgan fingerprint density at radius 2 is 1.63 bits per heavy atom. The van der Waals surface area contributed by atoms with Crippen LogP contribution >= 0.6 is 0 Å². The number of nitrogens with zero attached hydrogens (tertiary/aromatic N) is 3. The summed E-state index contributed by atoms with van der Waals surface area (Å²) in [6.45, 7) is 4.43. The lowest BCUT2D eigenvalue weighted by atomic mass is 10.1. The second-order valence-corrected chi connectivity index (χ2v) is 7.92. The summed E-state index contributed by atoms with van der Waals surface area (Å²) in [4.78, 5) is 19.2. The van der Waals surface area contributed by atoms with Gasteiger partial charge in [-0.1, -0.05) is 36.4 Å². The average Bonchev–Trinajstić information content (AvgIpc) is 2.79. The molecular formula is C25H29N3O2. The molecule has 0 unspecified atom stereocenters. The number of likely N-dealkylation sites (N-methyl/N-ethyl adjacent to an activating group) is 1. The van der Waals surface area contributed by atoms with Gasteiger partial charge in [-0.15, -0.1) is 0 Å². The maximum absolute atomic E-state index is 12.8. The minimum Gasteiger partial charge on any atom is -0.497 e. The van der Waals surface area contributed by atoms with E-state index in [1.54, 1.807) is 7.11 Å². The van der Waals surface area contributed by atoms with Crippen molar-refractivity contribution in [1.82, 2.24) is 9.80 Å². The van der Waals surface area contributed by atoms with Crippen LogP contribution in [0.3, 0.4) is 0 Å². The van der Waals surface area contributed by atoms with Gasteiger partial charge in [0.2, 0.25) is 5.91 Å². The van der Waals surface area contributed by atoms with E-state index in [0.29, 0.717) is 6.54 Å². The van der Waals surface area contributed by atoms with Gasteiger partial charge in [0.05, 0.1) is 13.7 Å². The van der Waals surface area contributed by atoms with Gasteiger partial charge in [-0.2, -0.15) is 0 Å². The molecule has 3 aromatic carbocycles. The van der Waals surface area contributed by atoms with Crippen LogP contribution in [0.4, 0.5) is 5.69 Å². The molecule has 5 nitrogen and oxygen atoms in total. The van der Waals surface area contributed by atoms with Crippen molar-refractivity contribution >= 4 is 22.4 Å². The van der Waals surface area contributed by atoms with Crippen molar-refractivity contribution in [2.45, 2.75) is 6.54 Å². The lowest BCUT2D eigenvalue weighted by Crippen LogP contribution is -2.51. The summed E-state index contributed by atoms with van der Waals surface area (Å²) in [5, 5.41) is 2.49. The highest BCUT2D eigenvalue weighted by Gasteiger charge is 2.22. The number of fused-ring (bicyclic) bond motifs is 1. The molecule has 0 atom stereocenters. The molecule has 3 aromatic rings. The van der Waals surface area contributed by atoms with E-state index in [2.05, 4.69) is 64.4 Å². The minimum absolute atomic E-state index is 0.202. The van der Waals surface area contributed by atoms with Crippen LogP contribution in [0.25, 0.3) is 10.8 Å². The number of hydrogen-bond donors (Lipinski definition) is 0. The lowest BCUT2D eigenvalue weighted by Gasteiger charge is -2.36. The largest absolute Gasteiger partial charge is 0.497 e. The van der Waals surface area contributed by atoms with Gasteiger partial charge in [0.1, 0.15) is 5.75 Å². The van der Waals surface area contributed by atoms with Crippen molar-refractivity contribution in [2.24, 2.45) is 0 Å². The molecule has 0 spiro atoms. The molecular weight excluding hydrogens is 374 g/mol. The van der Waals surface area contributed by atoms with Crippen molar-refractivity contribution in [3.8, 4) is 5.75 Å². The van der Waals surface area contributed by atoms with Gasteiger partial charge >= 0.3 is 0 Å². The van der Waals surface area contributed by atoms with E-state index >= 15 is 0 Å². The van der Waals surface area contributed by atoms with Crippen LogP contribution in [0.1, 0.15) is 5.56 Å². The van der Waals surface area contributed by atoms with Gasteiger partial charge < -0.3 is 14.5 Å². The molecule has 5 heteroatoms. The first-order valence-electron chi connectivity index (χ1n) is 10.5. The van der Waals surface area contributed by atoms with E-state index in [9.17, 15) is 4.79 Å². The van der Waals surface area contributed by atoms with Crippen molar-refractivity contribution in [1.29, 1.82) is 0 Å². The zero-order valence-electron chi connectivity index (χ0n) is 17.8. The highest BCUT2D eigenvalue weighted by molar-refractivity contribution is 5.83. The molecule has 1 aliphatic heterocycles.